The molecule has 0 bridgehead atoms. The predicted octanol–water partition coefficient (Wildman–Crippen LogP) is 1.54. The van der Waals surface area contributed by atoms with Gasteiger partial charge >= 0.3 is 0 Å². The zero-order chi connectivity index (χ0) is 9.64. The molecule has 0 amide bonds. The van der Waals surface area contributed by atoms with Gasteiger partial charge in [-0.05, 0) is 23.9 Å². The first-order valence-electron chi connectivity index (χ1n) is 5.05. The fourth-order valence-electron chi connectivity index (χ4n) is 1.54. The lowest BCUT2D eigenvalue weighted by molar-refractivity contribution is 0.0258. The van der Waals surface area contributed by atoms with Crippen LogP contribution in [0.5, 0.6) is 0 Å². The minimum absolute atomic E-state index is 0.385. The van der Waals surface area contributed by atoms with Gasteiger partial charge in [0.2, 0.25) is 0 Å². The molecular formula is C10H16N2OS. The van der Waals surface area contributed by atoms with Gasteiger partial charge in [-0.2, -0.15) is 0 Å². The van der Waals surface area contributed by atoms with Crippen LogP contribution in [-0.2, 0) is 4.74 Å². The van der Waals surface area contributed by atoms with Crippen molar-refractivity contribution in [2.45, 2.75) is 12.5 Å². The van der Waals surface area contributed by atoms with Gasteiger partial charge < -0.3 is 15.4 Å². The van der Waals surface area contributed by atoms with Crippen molar-refractivity contribution in [3.05, 3.63) is 17.5 Å². The lowest BCUT2D eigenvalue weighted by Crippen LogP contribution is -2.39. The number of morpholine rings is 1. The highest BCUT2D eigenvalue weighted by atomic mass is 32.1. The molecule has 0 aromatic carbocycles. The summed E-state index contributed by atoms with van der Waals surface area (Å²) in [7, 11) is 0. The van der Waals surface area contributed by atoms with Crippen LogP contribution >= 0.6 is 11.3 Å². The molecule has 2 rings (SSSR count). The number of anilines is 1. The van der Waals surface area contributed by atoms with Crippen molar-refractivity contribution in [3.63, 3.8) is 0 Å². The quantitative estimate of drug-likeness (QED) is 0.794. The lowest BCUT2D eigenvalue weighted by Gasteiger charge is -2.23. The van der Waals surface area contributed by atoms with Gasteiger partial charge in [0, 0.05) is 19.6 Å². The fraction of sp³-hybridized carbons (Fsp3) is 0.600. The first kappa shape index (κ1) is 9.96. The molecule has 0 radical (unpaired) electrons. The molecule has 78 valence electrons. The third-order valence-electron chi connectivity index (χ3n) is 2.29. The number of hydrogen-bond donors (Lipinski definition) is 2. The normalized spacial score (nSPS) is 22.1. The topological polar surface area (TPSA) is 33.3 Å². The van der Waals surface area contributed by atoms with E-state index in [1.165, 1.54) is 5.00 Å². The predicted molar refractivity (Wildman–Crippen MR) is 60.0 cm³/mol. The van der Waals surface area contributed by atoms with Gasteiger partial charge in [-0.25, -0.2) is 0 Å². The van der Waals surface area contributed by atoms with E-state index >= 15 is 0 Å². The molecule has 1 aromatic rings. The molecule has 1 fully saturated rings. The lowest BCUT2D eigenvalue weighted by atomic mass is 10.2. The molecule has 1 aliphatic heterocycles. The van der Waals surface area contributed by atoms with Crippen LogP contribution < -0.4 is 10.6 Å². The SMILES string of the molecule is c1csc(NCCC2CNCCO2)c1. The summed E-state index contributed by atoms with van der Waals surface area (Å²) < 4.78 is 5.60. The van der Waals surface area contributed by atoms with E-state index < -0.39 is 0 Å². The van der Waals surface area contributed by atoms with Crippen molar-refractivity contribution in [2.24, 2.45) is 0 Å². The zero-order valence-corrected chi connectivity index (χ0v) is 8.98. The van der Waals surface area contributed by atoms with Gasteiger partial charge in [-0.3, -0.25) is 0 Å². The molecule has 1 aliphatic rings. The minimum atomic E-state index is 0.385. The standard InChI is InChI=1S/C10H16N2OS/c1-2-10(14-7-1)12-4-3-9-8-11-5-6-13-9/h1-2,7,9,11-12H,3-6,8H2. The maximum atomic E-state index is 5.60. The zero-order valence-electron chi connectivity index (χ0n) is 8.16. The van der Waals surface area contributed by atoms with Crippen LogP contribution in [0.25, 0.3) is 0 Å². The van der Waals surface area contributed by atoms with Crippen LogP contribution in [0, 0.1) is 0 Å². The van der Waals surface area contributed by atoms with Gasteiger partial charge in [-0.15, -0.1) is 11.3 Å². The molecule has 1 atom stereocenters. The average Bonchev–Trinajstić information content (AvgIpc) is 2.72. The third kappa shape index (κ3) is 2.97. The van der Waals surface area contributed by atoms with Crippen LogP contribution in [0.4, 0.5) is 5.00 Å². The Bertz CT molecular complexity index is 245. The van der Waals surface area contributed by atoms with E-state index in [4.69, 9.17) is 4.74 Å². The highest BCUT2D eigenvalue weighted by Gasteiger charge is 2.12. The van der Waals surface area contributed by atoms with E-state index in [9.17, 15) is 0 Å². The Morgan fingerprint density at radius 1 is 1.64 bits per heavy atom. The van der Waals surface area contributed by atoms with Crippen molar-refractivity contribution in [1.29, 1.82) is 0 Å². The van der Waals surface area contributed by atoms with E-state index in [0.717, 1.165) is 32.7 Å². The molecule has 0 spiro atoms. The first-order chi connectivity index (χ1) is 6.95. The summed E-state index contributed by atoms with van der Waals surface area (Å²) in [5.41, 5.74) is 0. The molecule has 2 N–H and O–H groups in total. The molecule has 14 heavy (non-hydrogen) atoms. The van der Waals surface area contributed by atoms with E-state index in [-0.39, 0.29) is 0 Å². The number of ether oxygens (including phenoxy) is 1. The second-order valence-electron chi connectivity index (χ2n) is 3.39. The Morgan fingerprint density at radius 2 is 2.64 bits per heavy atom. The maximum absolute atomic E-state index is 5.60. The smallest absolute Gasteiger partial charge is 0.0882 e. The Labute approximate surface area is 88.5 Å². The van der Waals surface area contributed by atoms with Gasteiger partial charge in [0.25, 0.3) is 0 Å². The molecule has 1 aromatic heterocycles. The monoisotopic (exact) mass is 212 g/mol. The highest BCUT2D eigenvalue weighted by molar-refractivity contribution is 7.14. The minimum Gasteiger partial charge on any atom is -0.377 e. The summed E-state index contributed by atoms with van der Waals surface area (Å²) in [5, 5.41) is 10.0. The fourth-order valence-corrected chi connectivity index (χ4v) is 2.19. The van der Waals surface area contributed by atoms with Crippen LogP contribution in [0.1, 0.15) is 6.42 Å². The van der Waals surface area contributed by atoms with E-state index in [0.29, 0.717) is 6.10 Å². The third-order valence-corrected chi connectivity index (χ3v) is 3.12. The second kappa shape index (κ2) is 5.34. The molecule has 2 heterocycles. The number of hydrogen-bond acceptors (Lipinski definition) is 4. The average molecular weight is 212 g/mol. The highest BCUT2D eigenvalue weighted by Crippen LogP contribution is 2.15. The molecule has 1 unspecified atom stereocenters. The van der Waals surface area contributed by atoms with E-state index in [1.54, 1.807) is 11.3 Å². The van der Waals surface area contributed by atoms with Gasteiger partial charge in [0.05, 0.1) is 17.7 Å². The molecular weight excluding hydrogens is 196 g/mol. The molecule has 1 saturated heterocycles. The summed E-state index contributed by atoms with van der Waals surface area (Å²) in [4.78, 5) is 0. The maximum Gasteiger partial charge on any atom is 0.0882 e. The van der Waals surface area contributed by atoms with Crippen molar-refractivity contribution in [1.82, 2.24) is 5.32 Å². The van der Waals surface area contributed by atoms with Crippen LogP contribution in [0.2, 0.25) is 0 Å². The van der Waals surface area contributed by atoms with Crippen LogP contribution in [0.3, 0.4) is 0 Å². The van der Waals surface area contributed by atoms with Crippen LogP contribution in [0.15, 0.2) is 17.5 Å². The summed E-state index contributed by atoms with van der Waals surface area (Å²) >= 11 is 1.74. The Kier molecular flexibility index (Phi) is 3.80. The Balaban J connectivity index is 1.62. The molecule has 0 saturated carbocycles. The Morgan fingerprint density at radius 3 is 3.36 bits per heavy atom. The van der Waals surface area contributed by atoms with Gasteiger partial charge in [0.15, 0.2) is 0 Å². The summed E-state index contributed by atoms with van der Waals surface area (Å²) in [6, 6.07) is 4.16. The first-order valence-corrected chi connectivity index (χ1v) is 5.93. The van der Waals surface area contributed by atoms with Gasteiger partial charge in [0.1, 0.15) is 0 Å². The largest absolute Gasteiger partial charge is 0.377 e. The number of thiophene rings is 1. The second-order valence-corrected chi connectivity index (χ2v) is 4.34. The molecule has 3 nitrogen and oxygen atoms in total. The number of nitrogens with one attached hydrogen (secondary N) is 2. The van der Waals surface area contributed by atoms with Crippen molar-refractivity contribution < 1.29 is 4.74 Å². The van der Waals surface area contributed by atoms with Crippen LogP contribution in [-0.4, -0.2) is 32.3 Å². The van der Waals surface area contributed by atoms with Gasteiger partial charge in [-0.1, -0.05) is 0 Å². The van der Waals surface area contributed by atoms with Crippen molar-refractivity contribution >= 4 is 16.3 Å². The van der Waals surface area contributed by atoms with E-state index in [2.05, 4.69) is 28.1 Å². The summed E-state index contributed by atoms with van der Waals surface area (Å²) in [5.74, 6) is 0. The van der Waals surface area contributed by atoms with Crippen molar-refractivity contribution in [2.75, 3.05) is 31.6 Å². The Hall–Kier alpha value is -0.580. The van der Waals surface area contributed by atoms with E-state index in [1.807, 2.05) is 0 Å². The van der Waals surface area contributed by atoms with Crippen molar-refractivity contribution in [3.8, 4) is 0 Å². The summed E-state index contributed by atoms with van der Waals surface area (Å²) in [6.07, 6.45) is 1.46. The molecule has 4 heteroatoms. The molecule has 0 aliphatic carbocycles. The number of rotatable bonds is 4. The summed E-state index contributed by atoms with van der Waals surface area (Å²) in [6.45, 7) is 3.83.